The summed E-state index contributed by atoms with van der Waals surface area (Å²) in [6, 6.07) is 21.6. The smallest absolute Gasteiger partial charge is 0.248 e. The van der Waals surface area contributed by atoms with Crippen LogP contribution in [0.2, 0.25) is 0 Å². The lowest BCUT2D eigenvalue weighted by Gasteiger charge is -2.06. The van der Waals surface area contributed by atoms with Crippen LogP contribution in [0.3, 0.4) is 0 Å². The van der Waals surface area contributed by atoms with Crippen LogP contribution in [0.1, 0.15) is 5.56 Å². The quantitative estimate of drug-likeness (QED) is 0.588. The maximum Gasteiger partial charge on any atom is 0.248 e. The van der Waals surface area contributed by atoms with Crippen LogP contribution in [-0.2, 0) is 6.54 Å². The predicted octanol–water partition coefficient (Wildman–Crippen LogP) is 4.41. The van der Waals surface area contributed by atoms with Gasteiger partial charge in [-0.15, -0.1) is 10.2 Å². The summed E-state index contributed by atoms with van der Waals surface area (Å²) in [6.07, 6.45) is 3.62. The monoisotopic (exact) mass is 328 g/mol. The number of nitrogens with zero attached hydrogens (tertiary/aromatic N) is 3. The summed E-state index contributed by atoms with van der Waals surface area (Å²) in [4.78, 5) is 4.11. The molecule has 0 amide bonds. The van der Waals surface area contributed by atoms with Gasteiger partial charge in [0, 0.05) is 35.8 Å². The van der Waals surface area contributed by atoms with Crippen LogP contribution >= 0.6 is 0 Å². The third kappa shape index (κ3) is 3.55. The molecule has 1 N–H and O–H groups in total. The molecule has 122 valence electrons. The number of hydrogen-bond acceptors (Lipinski definition) is 5. The third-order valence-corrected chi connectivity index (χ3v) is 3.80. The van der Waals surface area contributed by atoms with Crippen LogP contribution in [0.15, 0.2) is 83.5 Å². The molecule has 2 aromatic carbocycles. The molecule has 0 aliphatic rings. The van der Waals surface area contributed by atoms with Crippen LogP contribution < -0.4 is 5.32 Å². The molecule has 5 heteroatoms. The summed E-state index contributed by atoms with van der Waals surface area (Å²) in [6.45, 7) is 0.728. The Morgan fingerprint density at radius 1 is 0.760 bits per heavy atom. The van der Waals surface area contributed by atoms with Crippen molar-refractivity contribution in [1.82, 2.24) is 15.2 Å². The van der Waals surface area contributed by atoms with E-state index < -0.39 is 0 Å². The Kier molecular flexibility index (Phi) is 4.20. The Morgan fingerprint density at radius 3 is 2.16 bits per heavy atom. The minimum Gasteiger partial charge on any atom is -0.416 e. The second-order valence-electron chi connectivity index (χ2n) is 5.57. The van der Waals surface area contributed by atoms with E-state index in [9.17, 15) is 0 Å². The summed E-state index contributed by atoms with van der Waals surface area (Å²) < 4.78 is 5.77. The highest BCUT2D eigenvalue weighted by molar-refractivity contribution is 5.60. The van der Waals surface area contributed by atoms with E-state index in [2.05, 4.69) is 20.5 Å². The van der Waals surface area contributed by atoms with Crippen LogP contribution in [0.5, 0.6) is 0 Å². The number of aromatic nitrogens is 3. The van der Waals surface area contributed by atoms with Crippen molar-refractivity contribution < 1.29 is 4.42 Å². The van der Waals surface area contributed by atoms with Crippen molar-refractivity contribution >= 4 is 5.69 Å². The maximum absolute atomic E-state index is 5.77. The zero-order valence-electron chi connectivity index (χ0n) is 13.5. The Balaban J connectivity index is 1.46. The number of anilines is 1. The molecule has 0 saturated carbocycles. The SMILES string of the molecule is c1ccc(-c2nnc(-c3ccc(NCc4cccnc4)cc3)o2)cc1. The minimum absolute atomic E-state index is 0.512. The molecule has 0 spiro atoms. The molecule has 0 fully saturated rings. The predicted molar refractivity (Wildman–Crippen MR) is 96.7 cm³/mol. The first-order chi connectivity index (χ1) is 12.4. The normalized spacial score (nSPS) is 10.6. The maximum atomic E-state index is 5.77. The third-order valence-electron chi connectivity index (χ3n) is 3.80. The van der Waals surface area contributed by atoms with Gasteiger partial charge in [0.05, 0.1) is 0 Å². The first-order valence-electron chi connectivity index (χ1n) is 8.01. The summed E-state index contributed by atoms with van der Waals surface area (Å²) >= 11 is 0. The average molecular weight is 328 g/mol. The fourth-order valence-electron chi connectivity index (χ4n) is 2.47. The highest BCUT2D eigenvalue weighted by Crippen LogP contribution is 2.24. The molecule has 0 aliphatic heterocycles. The zero-order chi connectivity index (χ0) is 16.9. The Morgan fingerprint density at radius 2 is 1.48 bits per heavy atom. The van der Waals surface area contributed by atoms with E-state index in [0.29, 0.717) is 11.8 Å². The number of benzene rings is 2. The zero-order valence-corrected chi connectivity index (χ0v) is 13.5. The molecule has 0 radical (unpaired) electrons. The average Bonchev–Trinajstić information content (AvgIpc) is 3.19. The standard InChI is InChI=1S/C20H16N4O/c1-2-6-16(7-3-1)19-23-24-20(25-19)17-8-10-18(11-9-17)22-14-15-5-4-12-21-13-15/h1-13,22H,14H2. The summed E-state index contributed by atoms with van der Waals surface area (Å²) in [5.74, 6) is 1.03. The van der Waals surface area contributed by atoms with E-state index in [1.54, 1.807) is 6.20 Å². The van der Waals surface area contributed by atoms with E-state index in [-0.39, 0.29) is 0 Å². The second-order valence-corrected chi connectivity index (χ2v) is 5.57. The Bertz CT molecular complexity index is 934. The highest BCUT2D eigenvalue weighted by Gasteiger charge is 2.10. The summed E-state index contributed by atoms with van der Waals surface area (Å²) in [5, 5.41) is 11.6. The molecule has 2 aromatic heterocycles. The van der Waals surface area contributed by atoms with E-state index in [1.165, 1.54) is 0 Å². The van der Waals surface area contributed by atoms with Gasteiger partial charge in [-0.1, -0.05) is 24.3 Å². The van der Waals surface area contributed by atoms with Gasteiger partial charge >= 0.3 is 0 Å². The molecule has 0 bridgehead atoms. The second kappa shape index (κ2) is 6.97. The van der Waals surface area contributed by atoms with Gasteiger partial charge in [0.15, 0.2) is 0 Å². The summed E-state index contributed by atoms with van der Waals surface area (Å²) in [5.41, 5.74) is 3.96. The van der Waals surface area contributed by atoms with Gasteiger partial charge in [0.2, 0.25) is 11.8 Å². The van der Waals surface area contributed by atoms with Crippen molar-refractivity contribution in [2.24, 2.45) is 0 Å². The molecule has 0 saturated heterocycles. The minimum atomic E-state index is 0.512. The lowest BCUT2D eigenvalue weighted by Crippen LogP contribution is -1.99. The van der Waals surface area contributed by atoms with Crippen molar-refractivity contribution in [3.8, 4) is 22.9 Å². The molecule has 0 aliphatic carbocycles. The molecular formula is C20H16N4O. The molecule has 4 aromatic rings. The van der Waals surface area contributed by atoms with Crippen molar-refractivity contribution in [1.29, 1.82) is 0 Å². The number of rotatable bonds is 5. The fraction of sp³-hybridized carbons (Fsp3) is 0.0500. The van der Waals surface area contributed by atoms with Gasteiger partial charge < -0.3 is 9.73 Å². The van der Waals surface area contributed by atoms with Crippen molar-refractivity contribution in [3.63, 3.8) is 0 Å². The first-order valence-corrected chi connectivity index (χ1v) is 8.01. The van der Waals surface area contributed by atoms with E-state index in [0.717, 1.165) is 28.9 Å². The molecular weight excluding hydrogens is 312 g/mol. The lowest BCUT2D eigenvalue weighted by atomic mass is 10.2. The fourth-order valence-corrected chi connectivity index (χ4v) is 2.47. The van der Waals surface area contributed by atoms with Crippen LogP contribution in [0, 0.1) is 0 Å². The Labute approximate surface area is 145 Å². The van der Waals surface area contributed by atoms with Gasteiger partial charge in [0.25, 0.3) is 0 Å². The van der Waals surface area contributed by atoms with Gasteiger partial charge in [-0.2, -0.15) is 0 Å². The van der Waals surface area contributed by atoms with Gasteiger partial charge in [0.1, 0.15) is 0 Å². The first kappa shape index (κ1) is 15.1. The largest absolute Gasteiger partial charge is 0.416 e. The van der Waals surface area contributed by atoms with Crippen LogP contribution in [0.25, 0.3) is 22.9 Å². The van der Waals surface area contributed by atoms with Gasteiger partial charge in [-0.3, -0.25) is 4.98 Å². The molecule has 25 heavy (non-hydrogen) atoms. The van der Waals surface area contributed by atoms with E-state index >= 15 is 0 Å². The van der Waals surface area contributed by atoms with Gasteiger partial charge in [-0.05, 0) is 48.0 Å². The number of pyridine rings is 1. The molecule has 0 atom stereocenters. The lowest BCUT2D eigenvalue weighted by molar-refractivity contribution is 0.584. The van der Waals surface area contributed by atoms with E-state index in [1.807, 2.05) is 72.9 Å². The molecule has 4 rings (SSSR count). The van der Waals surface area contributed by atoms with E-state index in [4.69, 9.17) is 4.42 Å². The number of hydrogen-bond donors (Lipinski definition) is 1. The number of nitrogens with one attached hydrogen (secondary N) is 1. The molecule has 5 nitrogen and oxygen atoms in total. The topological polar surface area (TPSA) is 63.8 Å². The van der Waals surface area contributed by atoms with Gasteiger partial charge in [-0.25, -0.2) is 0 Å². The highest BCUT2D eigenvalue weighted by atomic mass is 16.4. The van der Waals surface area contributed by atoms with Crippen molar-refractivity contribution in [3.05, 3.63) is 84.7 Å². The van der Waals surface area contributed by atoms with Crippen molar-refractivity contribution in [2.45, 2.75) is 6.54 Å². The van der Waals surface area contributed by atoms with Crippen LogP contribution in [-0.4, -0.2) is 15.2 Å². The summed E-state index contributed by atoms with van der Waals surface area (Å²) in [7, 11) is 0. The molecule has 2 heterocycles. The van der Waals surface area contributed by atoms with Crippen LogP contribution in [0.4, 0.5) is 5.69 Å². The van der Waals surface area contributed by atoms with Crippen molar-refractivity contribution in [2.75, 3.05) is 5.32 Å². The molecule has 0 unspecified atom stereocenters. The Hall–Kier alpha value is -3.47.